The van der Waals surface area contributed by atoms with Gasteiger partial charge in [0.25, 0.3) is 0 Å². The van der Waals surface area contributed by atoms with Crippen LogP contribution in [0.5, 0.6) is 0 Å². The largest absolute Gasteiger partial charge is 0.511 e. The molecule has 1 aromatic rings. The molecule has 1 N–H and O–H groups in total. The van der Waals surface area contributed by atoms with Gasteiger partial charge in [-0.3, -0.25) is 4.79 Å². The second kappa shape index (κ2) is 5.25. The van der Waals surface area contributed by atoms with Gasteiger partial charge in [-0.05, 0) is 52.3 Å². The molecule has 1 aliphatic carbocycles. The molecule has 96 valence electrons. The van der Waals surface area contributed by atoms with Crippen molar-refractivity contribution in [2.24, 2.45) is 5.41 Å². The Balaban J connectivity index is 2.23. The summed E-state index contributed by atoms with van der Waals surface area (Å²) < 4.78 is 1.16. The van der Waals surface area contributed by atoms with E-state index in [2.05, 4.69) is 22.6 Å². The Morgan fingerprint density at radius 2 is 1.83 bits per heavy atom. The Morgan fingerprint density at radius 1 is 1.22 bits per heavy atom. The maximum atomic E-state index is 12.1. The first kappa shape index (κ1) is 13.9. The molecule has 0 saturated carbocycles. The highest BCUT2D eigenvalue weighted by Gasteiger charge is 2.33. The summed E-state index contributed by atoms with van der Waals surface area (Å²) in [4.78, 5) is 13.6. The van der Waals surface area contributed by atoms with Crippen LogP contribution in [0.25, 0.3) is 0 Å². The second-order valence-electron chi connectivity index (χ2n) is 5.27. The maximum Gasteiger partial charge on any atom is 0.173 e. The standard InChI is InChI=1S/C14H15IO2S/c1-14(2)7-11(16)13(12(17)8-14)18-10-5-3-9(15)4-6-10/h3-6,16H,7-8H2,1-2H3. The number of allylic oxidation sites excluding steroid dienone is 2. The number of aliphatic hydroxyl groups excluding tert-OH is 1. The van der Waals surface area contributed by atoms with Gasteiger partial charge in [-0.1, -0.05) is 25.6 Å². The molecular formula is C14H15IO2S. The van der Waals surface area contributed by atoms with Crippen LogP contribution in [0.15, 0.2) is 39.8 Å². The van der Waals surface area contributed by atoms with E-state index in [0.717, 1.165) is 8.47 Å². The number of aliphatic hydroxyl groups is 1. The molecule has 0 fully saturated rings. The highest BCUT2D eigenvalue weighted by atomic mass is 127. The first-order valence-corrected chi connectivity index (χ1v) is 7.66. The van der Waals surface area contributed by atoms with Gasteiger partial charge >= 0.3 is 0 Å². The van der Waals surface area contributed by atoms with Crippen molar-refractivity contribution < 1.29 is 9.90 Å². The van der Waals surface area contributed by atoms with Crippen LogP contribution >= 0.6 is 34.4 Å². The molecule has 0 aliphatic heterocycles. The van der Waals surface area contributed by atoms with Crippen LogP contribution in [0.2, 0.25) is 0 Å². The van der Waals surface area contributed by atoms with E-state index >= 15 is 0 Å². The van der Waals surface area contributed by atoms with Crippen molar-refractivity contribution in [1.82, 2.24) is 0 Å². The number of benzene rings is 1. The van der Waals surface area contributed by atoms with Gasteiger partial charge in [-0.15, -0.1) is 0 Å². The quantitative estimate of drug-likeness (QED) is 0.773. The molecule has 0 radical (unpaired) electrons. The third kappa shape index (κ3) is 3.29. The average molecular weight is 374 g/mol. The zero-order chi connectivity index (χ0) is 13.3. The first-order valence-electron chi connectivity index (χ1n) is 5.76. The lowest BCUT2D eigenvalue weighted by Gasteiger charge is -2.29. The number of thioether (sulfide) groups is 1. The van der Waals surface area contributed by atoms with Crippen molar-refractivity contribution >= 4 is 40.1 Å². The lowest BCUT2D eigenvalue weighted by Crippen LogP contribution is -2.24. The number of hydrogen-bond donors (Lipinski definition) is 1. The van der Waals surface area contributed by atoms with Gasteiger partial charge in [-0.2, -0.15) is 0 Å². The zero-order valence-electron chi connectivity index (χ0n) is 10.4. The van der Waals surface area contributed by atoms with Gasteiger partial charge in [0.1, 0.15) is 5.76 Å². The molecule has 0 aromatic heterocycles. The van der Waals surface area contributed by atoms with E-state index in [4.69, 9.17) is 0 Å². The molecule has 0 atom stereocenters. The third-order valence-corrected chi connectivity index (χ3v) is 4.73. The maximum absolute atomic E-state index is 12.1. The van der Waals surface area contributed by atoms with Gasteiger partial charge in [0.15, 0.2) is 5.78 Å². The molecule has 2 nitrogen and oxygen atoms in total. The van der Waals surface area contributed by atoms with Gasteiger partial charge in [-0.25, -0.2) is 0 Å². The monoisotopic (exact) mass is 374 g/mol. The van der Waals surface area contributed by atoms with Gasteiger partial charge in [0.05, 0.1) is 4.91 Å². The molecule has 4 heteroatoms. The van der Waals surface area contributed by atoms with Crippen LogP contribution in [0.3, 0.4) is 0 Å². The van der Waals surface area contributed by atoms with Gasteiger partial charge in [0, 0.05) is 21.3 Å². The predicted molar refractivity (Wildman–Crippen MR) is 82.7 cm³/mol. The fraction of sp³-hybridized carbons (Fsp3) is 0.357. The molecule has 0 saturated heterocycles. The Morgan fingerprint density at radius 3 is 2.39 bits per heavy atom. The summed E-state index contributed by atoms with van der Waals surface area (Å²) in [5, 5.41) is 10.0. The SMILES string of the molecule is CC1(C)CC(=O)C(Sc2ccc(I)cc2)=C(O)C1. The van der Waals surface area contributed by atoms with Crippen molar-refractivity contribution in [2.45, 2.75) is 31.6 Å². The number of carbonyl (C=O) groups excluding carboxylic acids is 1. The number of halogens is 1. The fourth-order valence-electron chi connectivity index (χ4n) is 2.01. The van der Waals surface area contributed by atoms with Crippen LogP contribution in [0, 0.1) is 8.99 Å². The zero-order valence-corrected chi connectivity index (χ0v) is 13.3. The van der Waals surface area contributed by atoms with Crippen LogP contribution in [-0.4, -0.2) is 10.9 Å². The highest BCUT2D eigenvalue weighted by molar-refractivity contribution is 14.1. The molecular weight excluding hydrogens is 359 g/mol. The van der Waals surface area contributed by atoms with Crippen molar-refractivity contribution in [3.8, 4) is 0 Å². The van der Waals surface area contributed by atoms with E-state index in [1.165, 1.54) is 11.8 Å². The van der Waals surface area contributed by atoms with E-state index in [1.807, 2.05) is 38.1 Å². The average Bonchev–Trinajstić information content (AvgIpc) is 2.24. The lowest BCUT2D eigenvalue weighted by atomic mass is 9.79. The first-order chi connectivity index (χ1) is 8.37. The van der Waals surface area contributed by atoms with E-state index in [0.29, 0.717) is 17.7 Å². The number of carbonyl (C=O) groups is 1. The van der Waals surface area contributed by atoms with Crippen LogP contribution in [0.1, 0.15) is 26.7 Å². The Hall–Kier alpha value is -0.490. The van der Waals surface area contributed by atoms with E-state index in [1.54, 1.807) is 0 Å². The number of rotatable bonds is 2. The van der Waals surface area contributed by atoms with Crippen molar-refractivity contribution in [1.29, 1.82) is 0 Å². The summed E-state index contributed by atoms with van der Waals surface area (Å²) in [5.74, 6) is 0.284. The van der Waals surface area contributed by atoms with Crippen LogP contribution in [-0.2, 0) is 4.79 Å². The molecule has 1 aliphatic rings. The smallest absolute Gasteiger partial charge is 0.173 e. The van der Waals surface area contributed by atoms with Gasteiger partial charge in [0.2, 0.25) is 0 Å². The molecule has 2 rings (SSSR count). The molecule has 0 amide bonds. The highest BCUT2D eigenvalue weighted by Crippen LogP contribution is 2.41. The van der Waals surface area contributed by atoms with E-state index in [-0.39, 0.29) is 17.0 Å². The number of Topliss-reactive ketones (excluding diaryl/α,β-unsaturated/α-hetero) is 1. The Labute approximate surface area is 125 Å². The molecule has 1 aromatic carbocycles. The summed E-state index contributed by atoms with van der Waals surface area (Å²) in [7, 11) is 0. The Kier molecular flexibility index (Phi) is 4.06. The fourth-order valence-corrected chi connectivity index (χ4v) is 3.25. The molecule has 0 heterocycles. The number of hydrogen-bond acceptors (Lipinski definition) is 3. The van der Waals surface area contributed by atoms with Crippen LogP contribution < -0.4 is 0 Å². The second-order valence-corrected chi connectivity index (χ2v) is 7.60. The third-order valence-electron chi connectivity index (χ3n) is 2.83. The normalized spacial score (nSPS) is 19.2. The summed E-state index contributed by atoms with van der Waals surface area (Å²) in [6.45, 7) is 4.01. The molecule has 0 bridgehead atoms. The topological polar surface area (TPSA) is 37.3 Å². The minimum atomic E-state index is -0.128. The molecule has 0 unspecified atom stereocenters. The summed E-state index contributed by atoms with van der Waals surface area (Å²) in [5.41, 5.74) is -0.128. The van der Waals surface area contributed by atoms with E-state index < -0.39 is 0 Å². The predicted octanol–water partition coefficient (Wildman–Crippen LogP) is 4.54. The molecule has 0 spiro atoms. The van der Waals surface area contributed by atoms with Gasteiger partial charge < -0.3 is 5.11 Å². The van der Waals surface area contributed by atoms with Crippen molar-refractivity contribution in [2.75, 3.05) is 0 Å². The molecule has 18 heavy (non-hydrogen) atoms. The van der Waals surface area contributed by atoms with Crippen LogP contribution in [0.4, 0.5) is 0 Å². The summed E-state index contributed by atoms with van der Waals surface area (Å²) >= 11 is 3.61. The minimum absolute atomic E-state index is 0.0484. The lowest BCUT2D eigenvalue weighted by molar-refractivity contribution is -0.117. The Bertz CT molecular complexity index is 503. The number of ketones is 1. The minimum Gasteiger partial charge on any atom is -0.511 e. The van der Waals surface area contributed by atoms with Crippen molar-refractivity contribution in [3.05, 3.63) is 38.5 Å². The van der Waals surface area contributed by atoms with Crippen molar-refractivity contribution in [3.63, 3.8) is 0 Å². The van der Waals surface area contributed by atoms with E-state index in [9.17, 15) is 9.90 Å². The summed E-state index contributed by atoms with van der Waals surface area (Å²) in [6.07, 6.45) is 1.08. The summed E-state index contributed by atoms with van der Waals surface area (Å²) in [6, 6.07) is 7.94.